The van der Waals surface area contributed by atoms with Crippen molar-refractivity contribution in [3.05, 3.63) is 116 Å². The van der Waals surface area contributed by atoms with Crippen molar-refractivity contribution in [1.82, 2.24) is 35.6 Å². The molecule has 0 saturated carbocycles. The third-order valence-electron chi connectivity index (χ3n) is 14.2. The monoisotopic (exact) mass is 986 g/mol. The first-order valence-corrected chi connectivity index (χ1v) is 25.2. The molecule has 4 aliphatic rings. The molecule has 1 unspecified atom stereocenters. The van der Waals surface area contributed by atoms with Crippen LogP contribution in [0, 0.1) is 20.8 Å². The number of nitrogens with one attached hydrogen (secondary N) is 5. The topological polar surface area (TPSA) is 215 Å². The molecule has 0 spiro atoms. The van der Waals surface area contributed by atoms with Crippen molar-refractivity contribution in [2.24, 2.45) is 0 Å². The van der Waals surface area contributed by atoms with Gasteiger partial charge in [-0.1, -0.05) is 30.3 Å². The Bertz CT molecular complexity index is 2730. The van der Waals surface area contributed by atoms with Gasteiger partial charge in [-0.25, -0.2) is 0 Å². The van der Waals surface area contributed by atoms with Crippen LogP contribution in [0.4, 0.5) is 11.4 Å². The number of aryl methyl sites for hydroxylation is 2. The zero-order valence-corrected chi connectivity index (χ0v) is 41.8. The number of fused-ring (bicyclic) bond motifs is 1. The van der Waals surface area contributed by atoms with Crippen molar-refractivity contribution in [2.45, 2.75) is 85.0 Å². The number of aromatic amines is 1. The number of pyridine rings is 1. The summed E-state index contributed by atoms with van der Waals surface area (Å²) in [6, 6.07) is 18.8. The molecule has 4 aromatic rings. The second-order valence-electron chi connectivity index (χ2n) is 19.1. The van der Waals surface area contributed by atoms with Crippen molar-refractivity contribution >= 4 is 46.8 Å². The minimum atomic E-state index is -1.03. The van der Waals surface area contributed by atoms with Gasteiger partial charge in [-0.2, -0.15) is 0 Å². The Balaban J connectivity index is 0.769. The highest BCUT2D eigenvalue weighted by atomic mass is 16.5. The number of nitrogens with zero attached hydrogens (tertiary/aromatic N) is 4. The van der Waals surface area contributed by atoms with Gasteiger partial charge in [0, 0.05) is 119 Å². The summed E-state index contributed by atoms with van der Waals surface area (Å²) in [6.07, 6.45) is 2.60. The molecule has 3 fully saturated rings. The van der Waals surface area contributed by atoms with Crippen LogP contribution in [0.5, 0.6) is 0 Å². The van der Waals surface area contributed by atoms with Gasteiger partial charge in [0.05, 0.1) is 24.3 Å². The Morgan fingerprint density at radius 3 is 2.31 bits per heavy atom. The van der Waals surface area contributed by atoms with E-state index in [1.807, 2.05) is 32.9 Å². The van der Waals surface area contributed by atoms with Crippen LogP contribution in [0.1, 0.15) is 98.0 Å². The smallest absolute Gasteiger partial charge is 0.264 e. The molecule has 18 nitrogen and oxygen atoms in total. The summed E-state index contributed by atoms with van der Waals surface area (Å²) in [5, 5.41) is 11.4. The first-order valence-electron chi connectivity index (χ1n) is 25.2. The summed E-state index contributed by atoms with van der Waals surface area (Å²) < 4.78 is 11.5. The van der Waals surface area contributed by atoms with Gasteiger partial charge in [-0.05, 0) is 112 Å². The molecule has 6 amide bonds. The maximum Gasteiger partial charge on any atom is 0.264 e. The highest BCUT2D eigenvalue weighted by Gasteiger charge is 2.45. The summed E-state index contributed by atoms with van der Waals surface area (Å²) >= 11 is 0. The molecule has 5 heterocycles. The molecule has 5 N–H and O–H groups in total. The molecule has 0 bridgehead atoms. The summed E-state index contributed by atoms with van der Waals surface area (Å²) in [5.74, 6) is -2.46. The van der Waals surface area contributed by atoms with Crippen LogP contribution in [0.3, 0.4) is 0 Å². The number of imide groups is 2. The second-order valence-corrected chi connectivity index (χ2v) is 19.1. The van der Waals surface area contributed by atoms with Crippen LogP contribution in [0.2, 0.25) is 0 Å². The average Bonchev–Trinajstić information content (AvgIpc) is 3.62. The number of benzene rings is 3. The molecule has 3 saturated heterocycles. The first kappa shape index (κ1) is 51.6. The van der Waals surface area contributed by atoms with E-state index >= 15 is 0 Å². The molecule has 8 rings (SSSR count). The lowest BCUT2D eigenvalue weighted by Crippen LogP contribution is -2.54. The Hall–Kier alpha value is -6.73. The maximum absolute atomic E-state index is 14.0. The molecule has 72 heavy (non-hydrogen) atoms. The van der Waals surface area contributed by atoms with E-state index < -0.39 is 29.7 Å². The predicted octanol–water partition coefficient (Wildman–Crippen LogP) is 4.06. The van der Waals surface area contributed by atoms with Crippen LogP contribution in [-0.2, 0) is 36.9 Å². The average molecular weight is 986 g/mol. The van der Waals surface area contributed by atoms with Gasteiger partial charge in [0.2, 0.25) is 17.7 Å². The molecular weight excluding hydrogens is 919 g/mol. The Morgan fingerprint density at radius 1 is 0.833 bits per heavy atom. The summed E-state index contributed by atoms with van der Waals surface area (Å²) in [6.45, 7) is 16.1. The molecule has 4 aliphatic heterocycles. The number of piperazine rings is 1. The zero-order valence-electron chi connectivity index (χ0n) is 41.8. The lowest BCUT2D eigenvalue weighted by Gasteiger charge is -2.37. The zero-order chi connectivity index (χ0) is 50.9. The van der Waals surface area contributed by atoms with Gasteiger partial charge in [-0.3, -0.25) is 53.6 Å². The quantitative estimate of drug-likeness (QED) is 0.0625. The second kappa shape index (κ2) is 23.7. The highest BCUT2D eigenvalue weighted by Crippen LogP contribution is 2.35. The minimum absolute atomic E-state index is 0.0319. The van der Waals surface area contributed by atoms with Crippen molar-refractivity contribution in [1.29, 1.82) is 0 Å². The Kier molecular flexibility index (Phi) is 17.0. The van der Waals surface area contributed by atoms with E-state index in [2.05, 4.69) is 78.2 Å². The van der Waals surface area contributed by atoms with E-state index in [0.29, 0.717) is 75.3 Å². The van der Waals surface area contributed by atoms with Gasteiger partial charge in [0.15, 0.2) is 0 Å². The van der Waals surface area contributed by atoms with E-state index in [1.54, 1.807) is 18.2 Å². The van der Waals surface area contributed by atoms with Crippen LogP contribution in [-0.4, -0.2) is 146 Å². The minimum Gasteiger partial charge on any atom is -0.382 e. The largest absolute Gasteiger partial charge is 0.382 e. The van der Waals surface area contributed by atoms with Crippen LogP contribution >= 0.6 is 0 Å². The normalized spacial score (nSPS) is 17.7. The first-order chi connectivity index (χ1) is 34.8. The number of piperidine rings is 1. The lowest BCUT2D eigenvalue weighted by atomic mass is 9.94. The number of amides is 6. The SMILES string of the molecule is CCN(c1cc(-c2ccc(CN3CCN(CC(=O)NCCCOCCNc4cccc5c4C(=O)N(C4CCC(=O)NC4=O)C5=O)CC3)cc2)cc(C(=O)NCc2c(C)cc(C)[nH]c2=O)c1C)C1CCOCC1. The van der Waals surface area contributed by atoms with Gasteiger partial charge in [0.1, 0.15) is 6.04 Å². The third-order valence-corrected chi connectivity index (χ3v) is 14.2. The fourth-order valence-electron chi connectivity index (χ4n) is 10.2. The number of aromatic nitrogens is 1. The van der Waals surface area contributed by atoms with E-state index in [1.165, 1.54) is 5.56 Å². The molecule has 0 aliphatic carbocycles. The number of anilines is 2. The molecule has 0 radical (unpaired) electrons. The molecule has 1 atom stereocenters. The number of hydrogen-bond acceptors (Lipinski definition) is 13. The van der Waals surface area contributed by atoms with Crippen molar-refractivity contribution in [2.75, 3.05) is 89.0 Å². The predicted molar refractivity (Wildman–Crippen MR) is 273 cm³/mol. The number of carbonyl (C=O) groups excluding carboxylic acids is 6. The number of H-pyrrole nitrogens is 1. The molecule has 18 heteroatoms. The highest BCUT2D eigenvalue weighted by molar-refractivity contribution is 6.25. The standard InChI is InChI=1S/C54H67N9O9/c1-5-62(40-16-25-72-26-17-40)46-30-39(29-42(36(46)4)50(66)57-31-43-34(2)28-35(3)58-51(43)67)38-12-10-37(11-13-38)32-60-20-22-61(23-21-60)33-48(65)56-18-7-24-71-27-19-55-44-9-6-8-41-49(44)54(70)63(53(41)69)45-14-15-47(64)59-52(45)68/h6,8-13,28-30,40,45,55H,5,7,14-27,31-33H2,1-4H3,(H,56,65)(H,57,66)(H,58,67)(H,59,64,68). The summed E-state index contributed by atoms with van der Waals surface area (Å²) in [4.78, 5) is 101. The van der Waals surface area contributed by atoms with Crippen molar-refractivity contribution in [3.63, 3.8) is 0 Å². The van der Waals surface area contributed by atoms with Crippen LogP contribution < -0.4 is 31.7 Å². The summed E-state index contributed by atoms with van der Waals surface area (Å²) in [7, 11) is 0. The van der Waals surface area contributed by atoms with Gasteiger partial charge in [0.25, 0.3) is 23.3 Å². The maximum atomic E-state index is 14.0. The van der Waals surface area contributed by atoms with E-state index in [9.17, 15) is 33.6 Å². The lowest BCUT2D eigenvalue weighted by molar-refractivity contribution is -0.136. The number of hydrogen-bond donors (Lipinski definition) is 5. The fourth-order valence-corrected chi connectivity index (χ4v) is 10.2. The van der Waals surface area contributed by atoms with Gasteiger partial charge >= 0.3 is 0 Å². The van der Waals surface area contributed by atoms with E-state index in [4.69, 9.17) is 9.47 Å². The Labute approximate surface area is 420 Å². The van der Waals surface area contributed by atoms with Crippen LogP contribution in [0.15, 0.2) is 65.5 Å². The molecule has 382 valence electrons. The van der Waals surface area contributed by atoms with Crippen LogP contribution in [0.25, 0.3) is 11.1 Å². The number of ether oxygens (including phenoxy) is 2. The van der Waals surface area contributed by atoms with Crippen molar-refractivity contribution in [3.8, 4) is 11.1 Å². The van der Waals surface area contributed by atoms with Gasteiger partial charge < -0.3 is 35.3 Å². The molecule has 1 aromatic heterocycles. The van der Waals surface area contributed by atoms with Gasteiger partial charge in [-0.15, -0.1) is 0 Å². The molecular formula is C54H67N9O9. The summed E-state index contributed by atoms with van der Waals surface area (Å²) in [5.41, 5.74) is 8.49. The van der Waals surface area contributed by atoms with E-state index in [-0.39, 0.29) is 47.9 Å². The van der Waals surface area contributed by atoms with Crippen molar-refractivity contribution < 1.29 is 38.2 Å². The number of carbonyl (C=O) groups is 6. The van der Waals surface area contributed by atoms with E-state index in [0.717, 1.165) is 90.6 Å². The third kappa shape index (κ3) is 12.1. The Morgan fingerprint density at radius 2 is 1.58 bits per heavy atom. The fraction of sp³-hybridized carbons (Fsp3) is 0.463. The molecule has 3 aromatic carbocycles. The number of rotatable bonds is 20.